The minimum absolute atomic E-state index is 0.0437. The van der Waals surface area contributed by atoms with Gasteiger partial charge in [0.1, 0.15) is 11.0 Å². The van der Waals surface area contributed by atoms with Crippen molar-refractivity contribution in [1.82, 2.24) is 14.8 Å². The standard InChI is InChI=1S/C16H17ClN4O3/c17-15-12(6-3-8-18-15)16(23)24-10-14(22)20-13-7-9-19-21(13)11-4-1-2-5-11/h3,6-9,11H,1-2,4-5,10H2,(H,20,22). The van der Waals surface area contributed by atoms with Gasteiger partial charge in [-0.1, -0.05) is 24.4 Å². The first-order valence-electron chi connectivity index (χ1n) is 7.76. The zero-order valence-corrected chi connectivity index (χ0v) is 13.7. The van der Waals surface area contributed by atoms with Crippen LogP contribution < -0.4 is 5.32 Å². The first-order chi connectivity index (χ1) is 11.6. The normalized spacial score (nSPS) is 14.5. The van der Waals surface area contributed by atoms with E-state index in [4.69, 9.17) is 16.3 Å². The SMILES string of the molecule is O=C(COC(=O)c1cccnc1Cl)Nc1ccnn1C1CCCC1. The zero-order chi connectivity index (χ0) is 16.9. The number of amides is 1. The number of rotatable bonds is 5. The van der Waals surface area contributed by atoms with Crippen LogP contribution in [-0.2, 0) is 9.53 Å². The number of carbonyl (C=O) groups is 2. The van der Waals surface area contributed by atoms with E-state index in [-0.39, 0.29) is 10.7 Å². The average molecular weight is 349 g/mol. The lowest BCUT2D eigenvalue weighted by Gasteiger charge is -2.14. The summed E-state index contributed by atoms with van der Waals surface area (Å²) in [7, 11) is 0. The van der Waals surface area contributed by atoms with E-state index in [1.54, 1.807) is 18.3 Å². The monoisotopic (exact) mass is 348 g/mol. The third-order valence-corrected chi connectivity index (χ3v) is 4.22. The molecule has 0 aliphatic heterocycles. The molecule has 0 unspecified atom stereocenters. The Morgan fingerprint density at radius 1 is 1.29 bits per heavy atom. The Hall–Kier alpha value is -2.41. The number of carbonyl (C=O) groups excluding carboxylic acids is 2. The number of hydrogen-bond donors (Lipinski definition) is 1. The van der Waals surface area contributed by atoms with E-state index in [0.29, 0.717) is 11.9 Å². The maximum Gasteiger partial charge on any atom is 0.341 e. The molecule has 0 aromatic carbocycles. The van der Waals surface area contributed by atoms with Crippen molar-refractivity contribution >= 4 is 29.3 Å². The highest BCUT2D eigenvalue weighted by Crippen LogP contribution is 2.31. The lowest BCUT2D eigenvalue weighted by Crippen LogP contribution is -2.23. The molecule has 2 heterocycles. The number of nitrogens with one attached hydrogen (secondary N) is 1. The molecule has 2 aromatic heterocycles. The number of ether oxygens (including phenoxy) is 1. The van der Waals surface area contributed by atoms with Crippen LogP contribution in [0.2, 0.25) is 5.15 Å². The number of anilines is 1. The molecule has 1 aliphatic rings. The van der Waals surface area contributed by atoms with Crippen molar-refractivity contribution < 1.29 is 14.3 Å². The molecule has 7 nitrogen and oxygen atoms in total. The Morgan fingerprint density at radius 2 is 2.08 bits per heavy atom. The molecule has 1 fully saturated rings. The van der Waals surface area contributed by atoms with Crippen LogP contribution in [0.1, 0.15) is 42.1 Å². The van der Waals surface area contributed by atoms with E-state index in [2.05, 4.69) is 15.4 Å². The summed E-state index contributed by atoms with van der Waals surface area (Å²) >= 11 is 5.82. The average Bonchev–Trinajstić information content (AvgIpc) is 3.24. The predicted octanol–water partition coefficient (Wildman–Crippen LogP) is 2.84. The highest BCUT2D eigenvalue weighted by atomic mass is 35.5. The van der Waals surface area contributed by atoms with Crippen LogP contribution in [-0.4, -0.2) is 33.2 Å². The zero-order valence-electron chi connectivity index (χ0n) is 12.9. The van der Waals surface area contributed by atoms with Gasteiger partial charge in [-0.2, -0.15) is 5.10 Å². The molecule has 0 spiro atoms. The van der Waals surface area contributed by atoms with E-state index in [1.807, 2.05) is 4.68 Å². The van der Waals surface area contributed by atoms with Crippen molar-refractivity contribution in [2.75, 3.05) is 11.9 Å². The van der Waals surface area contributed by atoms with Crippen LogP contribution in [0, 0.1) is 0 Å². The fraction of sp³-hybridized carbons (Fsp3) is 0.375. The molecule has 1 saturated carbocycles. The number of hydrogen-bond acceptors (Lipinski definition) is 5. The number of nitrogens with zero attached hydrogens (tertiary/aromatic N) is 3. The molecule has 3 rings (SSSR count). The van der Waals surface area contributed by atoms with Crippen molar-refractivity contribution in [3.63, 3.8) is 0 Å². The summed E-state index contributed by atoms with van der Waals surface area (Å²) in [6.07, 6.45) is 7.56. The molecule has 1 amide bonds. The van der Waals surface area contributed by atoms with Gasteiger partial charge in [0.2, 0.25) is 0 Å². The molecule has 2 aromatic rings. The second kappa shape index (κ2) is 7.44. The Bertz CT molecular complexity index is 740. The molecule has 8 heteroatoms. The first kappa shape index (κ1) is 16.4. The van der Waals surface area contributed by atoms with Crippen LogP contribution in [0.25, 0.3) is 0 Å². The smallest absolute Gasteiger partial charge is 0.341 e. The van der Waals surface area contributed by atoms with Crippen molar-refractivity contribution in [2.24, 2.45) is 0 Å². The minimum Gasteiger partial charge on any atom is -0.452 e. The summed E-state index contributed by atoms with van der Waals surface area (Å²) in [6.45, 7) is -0.403. The fourth-order valence-corrected chi connectivity index (χ4v) is 2.98. The Labute approximate surface area is 144 Å². The molecular weight excluding hydrogens is 332 g/mol. The first-order valence-corrected chi connectivity index (χ1v) is 8.14. The third-order valence-electron chi connectivity index (χ3n) is 3.92. The van der Waals surface area contributed by atoms with Crippen molar-refractivity contribution in [3.8, 4) is 0 Å². The quantitative estimate of drug-likeness (QED) is 0.663. The molecule has 0 atom stereocenters. The number of aromatic nitrogens is 3. The summed E-state index contributed by atoms with van der Waals surface area (Å²) in [4.78, 5) is 27.7. The van der Waals surface area contributed by atoms with E-state index in [9.17, 15) is 9.59 Å². The second-order valence-corrected chi connectivity index (χ2v) is 5.92. The maximum absolute atomic E-state index is 12.0. The van der Waals surface area contributed by atoms with Gasteiger partial charge in [0.05, 0.1) is 17.8 Å². The second-order valence-electron chi connectivity index (χ2n) is 5.57. The van der Waals surface area contributed by atoms with Crippen LogP contribution in [0.4, 0.5) is 5.82 Å². The Morgan fingerprint density at radius 3 is 2.83 bits per heavy atom. The van der Waals surface area contributed by atoms with Crippen molar-refractivity contribution in [2.45, 2.75) is 31.7 Å². The van der Waals surface area contributed by atoms with Crippen LogP contribution in [0.3, 0.4) is 0 Å². The summed E-state index contributed by atoms with van der Waals surface area (Å²) in [5.74, 6) is -0.502. The Kier molecular flexibility index (Phi) is 5.10. The lowest BCUT2D eigenvalue weighted by atomic mass is 10.2. The summed E-state index contributed by atoms with van der Waals surface area (Å²) in [5.41, 5.74) is 0.128. The van der Waals surface area contributed by atoms with Crippen LogP contribution in [0.15, 0.2) is 30.6 Å². The highest BCUT2D eigenvalue weighted by molar-refractivity contribution is 6.32. The largest absolute Gasteiger partial charge is 0.452 e. The molecule has 1 N–H and O–H groups in total. The molecular formula is C16H17ClN4O3. The van der Waals surface area contributed by atoms with Gasteiger partial charge in [-0.25, -0.2) is 14.5 Å². The van der Waals surface area contributed by atoms with Gasteiger partial charge in [-0.15, -0.1) is 0 Å². The fourth-order valence-electron chi connectivity index (χ4n) is 2.78. The number of esters is 1. The third kappa shape index (κ3) is 3.73. The van der Waals surface area contributed by atoms with Crippen LogP contribution >= 0.6 is 11.6 Å². The summed E-state index contributed by atoms with van der Waals surface area (Å²) in [6, 6.07) is 5.11. The lowest BCUT2D eigenvalue weighted by molar-refractivity contribution is -0.119. The molecule has 24 heavy (non-hydrogen) atoms. The number of halogens is 1. The molecule has 0 bridgehead atoms. The van der Waals surface area contributed by atoms with Gasteiger partial charge < -0.3 is 10.1 Å². The van der Waals surface area contributed by atoms with Gasteiger partial charge >= 0.3 is 5.97 Å². The predicted molar refractivity (Wildman–Crippen MR) is 87.9 cm³/mol. The van der Waals surface area contributed by atoms with Gasteiger partial charge in [0, 0.05) is 12.3 Å². The topological polar surface area (TPSA) is 86.1 Å². The van der Waals surface area contributed by atoms with E-state index >= 15 is 0 Å². The molecule has 0 radical (unpaired) electrons. The van der Waals surface area contributed by atoms with E-state index < -0.39 is 18.5 Å². The van der Waals surface area contributed by atoms with Crippen LogP contribution in [0.5, 0.6) is 0 Å². The summed E-state index contributed by atoms with van der Waals surface area (Å²) in [5, 5.41) is 7.04. The van der Waals surface area contributed by atoms with Gasteiger partial charge in [-0.3, -0.25) is 4.79 Å². The highest BCUT2D eigenvalue weighted by Gasteiger charge is 2.21. The van der Waals surface area contributed by atoms with Crippen molar-refractivity contribution in [1.29, 1.82) is 0 Å². The van der Waals surface area contributed by atoms with Gasteiger partial charge in [0.25, 0.3) is 5.91 Å². The molecule has 1 aliphatic carbocycles. The Balaban J connectivity index is 1.56. The van der Waals surface area contributed by atoms with E-state index in [0.717, 1.165) is 12.8 Å². The van der Waals surface area contributed by atoms with Crippen molar-refractivity contribution in [3.05, 3.63) is 41.3 Å². The molecule has 0 saturated heterocycles. The molecule has 126 valence electrons. The summed E-state index contributed by atoms with van der Waals surface area (Å²) < 4.78 is 6.80. The maximum atomic E-state index is 12.0. The van der Waals surface area contributed by atoms with Gasteiger partial charge in [0.15, 0.2) is 6.61 Å². The van der Waals surface area contributed by atoms with Gasteiger partial charge in [-0.05, 0) is 25.0 Å². The minimum atomic E-state index is -0.687. The number of pyridine rings is 1. The van der Waals surface area contributed by atoms with E-state index in [1.165, 1.54) is 25.1 Å².